The van der Waals surface area contributed by atoms with Crippen LogP contribution in [0.4, 0.5) is 17.1 Å². The number of hydrogen-bond acceptors (Lipinski definition) is 11. The van der Waals surface area contributed by atoms with Crippen LogP contribution in [0.5, 0.6) is 0 Å². The molecule has 2 unspecified atom stereocenters. The first-order valence-electron chi connectivity index (χ1n) is 18.4. The molecule has 0 aliphatic carbocycles. The topological polar surface area (TPSA) is 198 Å². The lowest BCUT2D eigenvalue weighted by Gasteiger charge is -2.19. The van der Waals surface area contributed by atoms with Crippen molar-refractivity contribution in [1.29, 1.82) is 0 Å². The van der Waals surface area contributed by atoms with E-state index in [-0.39, 0.29) is 52.1 Å². The zero-order chi connectivity index (χ0) is 40.3. The van der Waals surface area contributed by atoms with Gasteiger partial charge in [-0.25, -0.2) is 0 Å². The number of carbonyl (C=O) groups is 5. The first-order chi connectivity index (χ1) is 26.6. The van der Waals surface area contributed by atoms with E-state index in [0.717, 1.165) is 34.6 Å². The number of ether oxygens (including phenoxy) is 3. The minimum atomic E-state index is -0.818. The van der Waals surface area contributed by atoms with Gasteiger partial charge in [0, 0.05) is 39.9 Å². The second-order valence-corrected chi connectivity index (χ2v) is 13.9. The summed E-state index contributed by atoms with van der Waals surface area (Å²) in [5.74, 6) is -1.72. The number of rotatable bonds is 29. The highest BCUT2D eigenvalue weighted by molar-refractivity contribution is 8.08. The summed E-state index contributed by atoms with van der Waals surface area (Å²) in [7, 11) is 1.80. The van der Waals surface area contributed by atoms with Crippen molar-refractivity contribution >= 4 is 70.0 Å². The van der Waals surface area contributed by atoms with Gasteiger partial charge < -0.3 is 46.1 Å². The zero-order valence-corrected chi connectivity index (χ0v) is 33.2. The maximum absolute atomic E-state index is 13.0. The van der Waals surface area contributed by atoms with Crippen LogP contribution < -0.4 is 31.9 Å². The standard InChI is InChI=1S/C39H57N7O8S/c1-6-9-28(3)55-29(4)33-22-32(15-16-34(33)42-7-2)44-38(50)26-54-21-19-52-18-20-53-25-37(49)43-24-36(48)46-35(10-8-17-40-5)39(51)45-31-13-11-30(12-14-31)23-41-27-47/h7,11-16,22,27-28,35,40H,4,6,8-10,17-21,23-26H2,1-3,5H3,(H,41,47)(H,43,49)(H,44,50)(H,45,51)(H,46,48). The lowest BCUT2D eigenvalue weighted by atomic mass is 10.1. The molecule has 15 nitrogen and oxygen atoms in total. The van der Waals surface area contributed by atoms with Gasteiger partial charge in [-0.15, -0.1) is 11.8 Å². The number of anilines is 2. The van der Waals surface area contributed by atoms with Gasteiger partial charge in [0.25, 0.3) is 0 Å². The summed E-state index contributed by atoms with van der Waals surface area (Å²) in [6, 6.07) is 11.7. The van der Waals surface area contributed by atoms with Gasteiger partial charge in [0.05, 0.1) is 38.7 Å². The van der Waals surface area contributed by atoms with Crippen molar-refractivity contribution in [1.82, 2.24) is 21.3 Å². The van der Waals surface area contributed by atoms with Crippen molar-refractivity contribution in [2.24, 2.45) is 4.99 Å². The molecule has 2 atom stereocenters. The molecule has 0 bridgehead atoms. The number of nitrogens with zero attached hydrogens (tertiary/aromatic N) is 1. The number of hydrogen-bond donors (Lipinski definition) is 6. The van der Waals surface area contributed by atoms with E-state index >= 15 is 0 Å². The molecule has 0 spiro atoms. The molecule has 2 aromatic rings. The lowest BCUT2D eigenvalue weighted by Crippen LogP contribution is -2.48. The van der Waals surface area contributed by atoms with E-state index in [9.17, 15) is 24.0 Å². The van der Waals surface area contributed by atoms with Gasteiger partial charge in [-0.05, 0) is 75.7 Å². The molecule has 5 amide bonds. The van der Waals surface area contributed by atoms with Gasteiger partial charge in [0.2, 0.25) is 30.0 Å². The number of amides is 5. The molecular formula is C39H57N7O8S. The van der Waals surface area contributed by atoms with Crippen molar-refractivity contribution in [3.63, 3.8) is 0 Å². The molecule has 2 aromatic carbocycles. The molecule has 16 heteroatoms. The zero-order valence-electron chi connectivity index (χ0n) is 32.4. The number of aliphatic imine (C=N–C) groups is 1. The molecule has 0 radical (unpaired) electrons. The van der Waals surface area contributed by atoms with Crippen LogP contribution in [0, 0.1) is 0 Å². The Kier molecular flexibility index (Phi) is 23.6. The molecule has 6 N–H and O–H groups in total. The Morgan fingerprint density at radius 2 is 1.56 bits per heavy atom. The van der Waals surface area contributed by atoms with Crippen molar-refractivity contribution in [3.05, 3.63) is 60.2 Å². The van der Waals surface area contributed by atoms with Gasteiger partial charge >= 0.3 is 0 Å². The van der Waals surface area contributed by atoms with Gasteiger partial charge in [0.1, 0.15) is 19.3 Å². The summed E-state index contributed by atoms with van der Waals surface area (Å²) in [6.45, 7) is 11.4. The quantitative estimate of drug-likeness (QED) is 0.0402. The number of nitrogens with one attached hydrogen (secondary N) is 6. The fourth-order valence-corrected chi connectivity index (χ4v) is 6.18. The Hall–Kier alpha value is -4.61. The van der Waals surface area contributed by atoms with E-state index in [0.29, 0.717) is 49.0 Å². The van der Waals surface area contributed by atoms with E-state index < -0.39 is 23.8 Å². The Labute approximate surface area is 328 Å². The first kappa shape index (κ1) is 46.5. The lowest BCUT2D eigenvalue weighted by molar-refractivity contribution is -0.130. The highest BCUT2D eigenvalue weighted by atomic mass is 32.2. The molecule has 0 aliphatic heterocycles. The Balaban J connectivity index is 1.63. The van der Waals surface area contributed by atoms with Gasteiger partial charge in [0.15, 0.2) is 0 Å². The highest BCUT2D eigenvalue weighted by Gasteiger charge is 2.21. The third kappa shape index (κ3) is 20.0. The van der Waals surface area contributed by atoms with Crippen LogP contribution >= 0.6 is 11.8 Å². The fourth-order valence-electron chi connectivity index (χ4n) is 5.05. The molecule has 2 rings (SSSR count). The third-order valence-electron chi connectivity index (χ3n) is 7.73. The average Bonchev–Trinajstić information content (AvgIpc) is 3.16. The molecule has 0 heterocycles. The van der Waals surface area contributed by atoms with Crippen LogP contribution in [-0.4, -0.2) is 107 Å². The number of carbonyl (C=O) groups excluding carboxylic acids is 5. The Morgan fingerprint density at radius 1 is 0.891 bits per heavy atom. The minimum Gasteiger partial charge on any atom is -0.377 e. The molecule has 55 heavy (non-hydrogen) atoms. The second kappa shape index (κ2) is 27.9. The summed E-state index contributed by atoms with van der Waals surface area (Å²) in [5.41, 5.74) is 3.69. The third-order valence-corrected chi connectivity index (χ3v) is 8.87. The normalized spacial score (nSPS) is 12.1. The van der Waals surface area contributed by atoms with Gasteiger partial charge in [-0.3, -0.25) is 29.0 Å². The fraction of sp³-hybridized carbons (Fsp3) is 0.487. The predicted molar refractivity (Wildman–Crippen MR) is 218 cm³/mol. The number of benzene rings is 2. The van der Waals surface area contributed by atoms with Crippen LogP contribution in [0.15, 0.2) is 54.0 Å². The minimum absolute atomic E-state index is 0.129. The average molecular weight is 784 g/mol. The molecule has 0 saturated heterocycles. The monoisotopic (exact) mass is 783 g/mol. The molecular weight excluding hydrogens is 727 g/mol. The highest BCUT2D eigenvalue weighted by Crippen LogP contribution is 2.37. The van der Waals surface area contributed by atoms with Crippen molar-refractivity contribution in [2.75, 3.05) is 70.4 Å². The summed E-state index contributed by atoms with van der Waals surface area (Å²) in [4.78, 5) is 66.1. The summed E-state index contributed by atoms with van der Waals surface area (Å²) >= 11 is 1.70. The van der Waals surface area contributed by atoms with Crippen LogP contribution in [-0.2, 0) is 44.7 Å². The summed E-state index contributed by atoms with van der Waals surface area (Å²) < 4.78 is 16.2. The van der Waals surface area contributed by atoms with Crippen LogP contribution in [0.3, 0.4) is 0 Å². The maximum atomic E-state index is 13.0. The van der Waals surface area contributed by atoms with E-state index in [4.69, 9.17) is 14.2 Å². The smallest absolute Gasteiger partial charge is 0.250 e. The molecule has 0 fully saturated rings. The SMILES string of the molecule is C=C(SC(C)CCC)c1cc(NC(=O)COCCOCCOCC(=O)NCC(=O)NC(CCCNC)C(=O)Nc2ccc(CNC=O)cc2)ccc1N=CC. The molecule has 0 aliphatic rings. The molecule has 0 aromatic heterocycles. The van der Waals surface area contributed by atoms with Gasteiger partial charge in [-0.1, -0.05) is 39.0 Å². The van der Waals surface area contributed by atoms with Crippen LogP contribution in [0.2, 0.25) is 0 Å². The van der Waals surface area contributed by atoms with E-state index in [1.165, 1.54) is 0 Å². The second-order valence-electron chi connectivity index (χ2n) is 12.4. The molecule has 0 saturated carbocycles. The predicted octanol–water partition coefficient (Wildman–Crippen LogP) is 3.77. The van der Waals surface area contributed by atoms with Crippen LogP contribution in [0.25, 0.3) is 4.91 Å². The van der Waals surface area contributed by atoms with Crippen molar-refractivity contribution in [3.8, 4) is 0 Å². The largest absolute Gasteiger partial charge is 0.377 e. The maximum Gasteiger partial charge on any atom is 0.250 e. The van der Waals surface area contributed by atoms with E-state index in [1.807, 2.05) is 19.1 Å². The van der Waals surface area contributed by atoms with E-state index in [2.05, 4.69) is 57.3 Å². The van der Waals surface area contributed by atoms with Crippen molar-refractivity contribution in [2.45, 2.75) is 64.3 Å². The molecule has 302 valence electrons. The van der Waals surface area contributed by atoms with Gasteiger partial charge in [-0.2, -0.15) is 0 Å². The Bertz CT molecular complexity index is 1540. The summed E-state index contributed by atoms with van der Waals surface area (Å²) in [6.07, 6.45) is 5.52. The summed E-state index contributed by atoms with van der Waals surface area (Å²) in [5, 5.41) is 16.8. The first-order valence-corrected chi connectivity index (χ1v) is 19.3. The number of thioether (sulfide) groups is 1. The van der Waals surface area contributed by atoms with E-state index in [1.54, 1.807) is 55.4 Å². The Morgan fingerprint density at radius 3 is 2.22 bits per heavy atom. The van der Waals surface area contributed by atoms with Crippen LogP contribution in [0.1, 0.15) is 57.6 Å². The van der Waals surface area contributed by atoms with Crippen molar-refractivity contribution < 1.29 is 38.2 Å².